The lowest BCUT2D eigenvalue weighted by Gasteiger charge is -2.18. The van der Waals surface area contributed by atoms with Gasteiger partial charge in [-0.1, -0.05) is 12.1 Å². The van der Waals surface area contributed by atoms with Crippen molar-refractivity contribution in [3.05, 3.63) is 92.9 Å². The van der Waals surface area contributed by atoms with Crippen molar-refractivity contribution in [2.75, 3.05) is 11.9 Å². The van der Waals surface area contributed by atoms with E-state index in [0.717, 1.165) is 11.1 Å². The predicted molar refractivity (Wildman–Crippen MR) is 127 cm³/mol. The first-order valence-electron chi connectivity index (χ1n) is 10.1. The molecule has 10 nitrogen and oxygen atoms in total. The molecule has 0 unspecified atom stereocenters. The lowest BCUT2D eigenvalue weighted by atomic mass is 10.1. The zero-order valence-electron chi connectivity index (χ0n) is 17.5. The average Bonchev–Trinajstić information content (AvgIpc) is 3.25. The minimum absolute atomic E-state index is 0.0279. The number of hydrogen-bond donors (Lipinski definition) is 1. The number of aromatic nitrogens is 2. The summed E-state index contributed by atoms with van der Waals surface area (Å²) in [7, 11) is 0. The molecule has 11 heteroatoms. The van der Waals surface area contributed by atoms with Gasteiger partial charge in [0.2, 0.25) is 4.80 Å². The van der Waals surface area contributed by atoms with Crippen LogP contribution in [0.5, 0.6) is 5.75 Å². The van der Waals surface area contributed by atoms with Crippen molar-refractivity contribution in [3.8, 4) is 17.0 Å². The summed E-state index contributed by atoms with van der Waals surface area (Å²) in [5, 5.41) is 20.7. The number of fused-ring (bicyclic) bond motifs is 1. The summed E-state index contributed by atoms with van der Waals surface area (Å²) in [6.07, 6.45) is 4.97. The normalized spacial score (nSPS) is 13.4. The number of rotatable bonds is 5. The van der Waals surface area contributed by atoms with E-state index in [9.17, 15) is 14.9 Å². The quantitative estimate of drug-likeness (QED) is 0.267. The highest BCUT2D eigenvalue weighted by atomic mass is 32.1. The number of para-hydroxylation sites is 2. The molecule has 0 saturated carbocycles. The second-order valence-corrected chi connectivity index (χ2v) is 7.98. The molecular weight excluding hydrogens is 456 g/mol. The third kappa shape index (κ3) is 4.32. The monoisotopic (exact) mass is 472 g/mol. The summed E-state index contributed by atoms with van der Waals surface area (Å²) in [6.45, 7) is -0.0279. The molecule has 0 bridgehead atoms. The fourth-order valence-corrected chi connectivity index (χ4v) is 4.17. The highest BCUT2D eigenvalue weighted by molar-refractivity contribution is 7.07. The van der Waals surface area contributed by atoms with E-state index >= 15 is 0 Å². The molecule has 1 N–H and O–H groups in total. The molecule has 2 aromatic heterocycles. The Morgan fingerprint density at radius 2 is 2.00 bits per heavy atom. The van der Waals surface area contributed by atoms with Gasteiger partial charge in [-0.05, 0) is 42.0 Å². The van der Waals surface area contributed by atoms with Crippen LogP contribution in [0.1, 0.15) is 5.56 Å². The van der Waals surface area contributed by atoms with Crippen LogP contribution in [0.2, 0.25) is 0 Å². The molecule has 3 heterocycles. The molecule has 0 spiro atoms. The second-order valence-electron chi connectivity index (χ2n) is 7.15. The van der Waals surface area contributed by atoms with E-state index in [4.69, 9.17) is 4.74 Å². The number of nitrogens with zero attached hydrogens (tertiary/aromatic N) is 5. The SMILES string of the molecule is O=C1COc2ccc(-c3csc(=Nc4ccccc4[N+](=O)[O-])n3N=Cc3ccncc3)cc2N1. The van der Waals surface area contributed by atoms with E-state index in [0.29, 0.717) is 21.9 Å². The number of anilines is 1. The number of nitro groups is 1. The van der Waals surface area contributed by atoms with Crippen molar-refractivity contribution in [2.45, 2.75) is 0 Å². The van der Waals surface area contributed by atoms with Gasteiger partial charge < -0.3 is 10.1 Å². The van der Waals surface area contributed by atoms with Crippen LogP contribution >= 0.6 is 11.3 Å². The molecular formula is C23H16N6O4S. The Bertz CT molecular complexity index is 1490. The van der Waals surface area contributed by atoms with Gasteiger partial charge in [0.1, 0.15) is 11.4 Å². The van der Waals surface area contributed by atoms with Gasteiger partial charge in [0.15, 0.2) is 6.61 Å². The third-order valence-electron chi connectivity index (χ3n) is 4.92. The van der Waals surface area contributed by atoms with Crippen LogP contribution in [0.25, 0.3) is 11.3 Å². The van der Waals surface area contributed by atoms with Gasteiger partial charge in [0.25, 0.3) is 11.6 Å². The molecule has 0 radical (unpaired) electrons. The highest BCUT2D eigenvalue weighted by Gasteiger charge is 2.18. The van der Waals surface area contributed by atoms with Gasteiger partial charge in [-0.2, -0.15) is 5.10 Å². The molecule has 0 aliphatic carbocycles. The Morgan fingerprint density at radius 1 is 1.18 bits per heavy atom. The number of nitro benzene ring substituents is 1. The van der Waals surface area contributed by atoms with E-state index in [1.165, 1.54) is 17.4 Å². The molecule has 0 saturated heterocycles. The fourth-order valence-electron chi connectivity index (χ4n) is 3.32. The van der Waals surface area contributed by atoms with Gasteiger partial charge in [-0.25, -0.2) is 9.67 Å². The van der Waals surface area contributed by atoms with Crippen molar-refractivity contribution < 1.29 is 14.5 Å². The number of amides is 1. The Hall–Kier alpha value is -4.64. The van der Waals surface area contributed by atoms with Gasteiger partial charge in [-0.15, -0.1) is 11.3 Å². The molecule has 5 rings (SSSR count). The number of nitrogens with one attached hydrogen (secondary N) is 1. The van der Waals surface area contributed by atoms with Crippen LogP contribution in [0, 0.1) is 10.1 Å². The summed E-state index contributed by atoms with van der Waals surface area (Å²) < 4.78 is 7.05. The first-order valence-corrected chi connectivity index (χ1v) is 11.0. The number of hydrogen-bond acceptors (Lipinski definition) is 8. The van der Waals surface area contributed by atoms with Gasteiger partial charge in [0.05, 0.1) is 22.5 Å². The minimum Gasteiger partial charge on any atom is -0.482 e. The van der Waals surface area contributed by atoms with Crippen LogP contribution < -0.4 is 14.9 Å². The van der Waals surface area contributed by atoms with E-state index < -0.39 is 4.92 Å². The lowest BCUT2D eigenvalue weighted by Crippen LogP contribution is -2.25. The first-order chi connectivity index (χ1) is 16.6. The Morgan fingerprint density at radius 3 is 2.82 bits per heavy atom. The Labute approximate surface area is 196 Å². The molecule has 0 atom stereocenters. The summed E-state index contributed by atoms with van der Waals surface area (Å²) in [5.41, 5.74) is 2.95. The van der Waals surface area contributed by atoms with Crippen LogP contribution in [0.4, 0.5) is 17.1 Å². The number of thiazole rings is 1. The standard InChI is InChI=1S/C23H16N6O4S/c30-22-13-33-21-6-5-16(11-18(21)26-22)20-14-34-23(27-17-3-1-2-4-19(17)29(31)32)28(20)25-12-15-7-9-24-10-8-15/h1-12,14H,13H2,(H,26,30). The molecule has 4 aromatic rings. The maximum Gasteiger partial charge on any atom is 0.294 e. The summed E-state index contributed by atoms with van der Waals surface area (Å²) in [6, 6.07) is 15.3. The largest absolute Gasteiger partial charge is 0.482 e. The summed E-state index contributed by atoms with van der Waals surface area (Å²) >= 11 is 1.29. The molecule has 2 aromatic carbocycles. The number of carbonyl (C=O) groups is 1. The zero-order valence-corrected chi connectivity index (χ0v) is 18.3. The molecule has 34 heavy (non-hydrogen) atoms. The van der Waals surface area contributed by atoms with Crippen molar-refractivity contribution in [3.63, 3.8) is 0 Å². The summed E-state index contributed by atoms with van der Waals surface area (Å²) in [5.74, 6) is 0.348. The molecule has 1 aliphatic heterocycles. The van der Waals surface area contributed by atoms with E-state index in [-0.39, 0.29) is 23.9 Å². The fraction of sp³-hybridized carbons (Fsp3) is 0.0435. The zero-order chi connectivity index (χ0) is 23.5. The number of ether oxygens (including phenoxy) is 1. The maximum absolute atomic E-state index is 11.8. The first kappa shape index (κ1) is 21.2. The van der Waals surface area contributed by atoms with E-state index in [1.54, 1.807) is 65.7 Å². The predicted octanol–water partition coefficient (Wildman–Crippen LogP) is 3.97. The second kappa shape index (κ2) is 9.08. The number of pyridine rings is 1. The highest BCUT2D eigenvalue weighted by Crippen LogP contribution is 2.33. The topological polar surface area (TPSA) is 124 Å². The van der Waals surface area contributed by atoms with Crippen molar-refractivity contribution in [2.24, 2.45) is 10.1 Å². The number of carbonyl (C=O) groups excluding carboxylic acids is 1. The van der Waals surface area contributed by atoms with Crippen molar-refractivity contribution >= 4 is 40.5 Å². The van der Waals surface area contributed by atoms with Gasteiger partial charge >= 0.3 is 0 Å². The molecule has 1 aliphatic rings. The third-order valence-corrected chi connectivity index (χ3v) is 5.73. The van der Waals surface area contributed by atoms with Gasteiger partial charge in [0, 0.05) is 29.4 Å². The van der Waals surface area contributed by atoms with Crippen molar-refractivity contribution in [1.82, 2.24) is 9.66 Å². The van der Waals surface area contributed by atoms with Crippen molar-refractivity contribution in [1.29, 1.82) is 0 Å². The van der Waals surface area contributed by atoms with Crippen LogP contribution in [-0.4, -0.2) is 33.3 Å². The minimum atomic E-state index is -0.468. The lowest BCUT2D eigenvalue weighted by molar-refractivity contribution is -0.384. The van der Waals surface area contributed by atoms with Crippen LogP contribution in [-0.2, 0) is 4.79 Å². The van der Waals surface area contributed by atoms with Crippen LogP contribution in [0.15, 0.2) is 82.5 Å². The average molecular weight is 472 g/mol. The molecule has 168 valence electrons. The number of benzene rings is 2. The Balaban J connectivity index is 1.66. The van der Waals surface area contributed by atoms with E-state index in [1.807, 2.05) is 11.4 Å². The smallest absolute Gasteiger partial charge is 0.294 e. The molecule has 0 fully saturated rings. The van der Waals surface area contributed by atoms with E-state index in [2.05, 4.69) is 20.4 Å². The van der Waals surface area contributed by atoms with Gasteiger partial charge in [-0.3, -0.25) is 19.9 Å². The maximum atomic E-state index is 11.8. The summed E-state index contributed by atoms with van der Waals surface area (Å²) in [4.78, 5) is 31.7. The Kier molecular flexibility index (Phi) is 5.67. The van der Waals surface area contributed by atoms with Crippen LogP contribution in [0.3, 0.4) is 0 Å². The molecule has 1 amide bonds.